The molecule has 4 rings (SSSR count). The summed E-state index contributed by atoms with van der Waals surface area (Å²) in [6, 6.07) is 15.8. The van der Waals surface area contributed by atoms with Crippen LogP contribution in [0, 0.1) is 0 Å². The van der Waals surface area contributed by atoms with Crippen LogP contribution in [0.2, 0.25) is 5.15 Å². The van der Waals surface area contributed by atoms with E-state index in [9.17, 15) is 5.11 Å². The molecule has 0 unspecified atom stereocenters. The summed E-state index contributed by atoms with van der Waals surface area (Å²) in [5, 5.41) is 12.3. The van der Waals surface area contributed by atoms with Crippen LogP contribution in [0.25, 0.3) is 10.2 Å². The summed E-state index contributed by atoms with van der Waals surface area (Å²) in [5.41, 5.74) is 0.364. The Morgan fingerprint density at radius 3 is 2.78 bits per heavy atom. The number of hydrogen-bond donors (Lipinski definition) is 1. The molecule has 1 aromatic carbocycles. The lowest BCUT2D eigenvalue weighted by atomic mass is 9.76. The van der Waals surface area contributed by atoms with Crippen molar-refractivity contribution >= 4 is 33.2 Å². The number of halogens is 1. The van der Waals surface area contributed by atoms with E-state index >= 15 is 0 Å². The van der Waals surface area contributed by atoms with Gasteiger partial charge in [0, 0.05) is 23.1 Å². The zero-order valence-electron chi connectivity index (χ0n) is 12.4. The Morgan fingerprint density at radius 1 is 1.22 bits per heavy atom. The van der Waals surface area contributed by atoms with E-state index in [4.69, 9.17) is 16.3 Å². The van der Waals surface area contributed by atoms with Gasteiger partial charge in [0.15, 0.2) is 0 Å². The molecule has 1 aliphatic carbocycles. The SMILES string of the molecule is OC1(c2cc3ccc(Cl)nc3s2)CC(OCc2ccccc2)C1. The average Bonchev–Trinajstić information content (AvgIpc) is 2.95. The first-order valence-electron chi connectivity index (χ1n) is 7.57. The van der Waals surface area contributed by atoms with Crippen LogP contribution >= 0.6 is 22.9 Å². The molecule has 2 heterocycles. The van der Waals surface area contributed by atoms with Gasteiger partial charge in [-0.25, -0.2) is 4.98 Å². The number of pyridine rings is 1. The zero-order valence-corrected chi connectivity index (χ0v) is 14.0. The van der Waals surface area contributed by atoms with Gasteiger partial charge in [-0.05, 0) is 23.8 Å². The van der Waals surface area contributed by atoms with E-state index in [1.807, 2.05) is 42.5 Å². The molecule has 0 saturated heterocycles. The minimum atomic E-state index is -0.792. The number of fused-ring (bicyclic) bond motifs is 1. The first-order chi connectivity index (χ1) is 11.1. The van der Waals surface area contributed by atoms with Crippen molar-refractivity contribution in [3.8, 4) is 0 Å². The van der Waals surface area contributed by atoms with Crippen LogP contribution in [0.3, 0.4) is 0 Å². The first kappa shape index (κ1) is 15.1. The van der Waals surface area contributed by atoms with Gasteiger partial charge in [-0.15, -0.1) is 11.3 Å². The topological polar surface area (TPSA) is 42.4 Å². The van der Waals surface area contributed by atoms with Gasteiger partial charge in [0.25, 0.3) is 0 Å². The highest BCUT2D eigenvalue weighted by Gasteiger charge is 2.45. The maximum absolute atomic E-state index is 10.8. The van der Waals surface area contributed by atoms with E-state index in [0.29, 0.717) is 24.6 Å². The Balaban J connectivity index is 1.42. The number of hydrogen-bond acceptors (Lipinski definition) is 4. The molecule has 1 N–H and O–H groups in total. The summed E-state index contributed by atoms with van der Waals surface area (Å²) in [6.45, 7) is 0.588. The molecule has 2 aromatic heterocycles. The second-order valence-electron chi connectivity index (χ2n) is 6.00. The van der Waals surface area contributed by atoms with E-state index in [-0.39, 0.29) is 6.10 Å². The molecule has 0 aliphatic heterocycles. The van der Waals surface area contributed by atoms with Crippen molar-refractivity contribution < 1.29 is 9.84 Å². The molecule has 0 atom stereocenters. The van der Waals surface area contributed by atoms with Crippen LogP contribution in [0.15, 0.2) is 48.5 Å². The minimum absolute atomic E-state index is 0.0990. The van der Waals surface area contributed by atoms with E-state index in [2.05, 4.69) is 4.98 Å². The van der Waals surface area contributed by atoms with Crippen LogP contribution in [0.5, 0.6) is 0 Å². The number of thiophene rings is 1. The zero-order chi connectivity index (χ0) is 15.9. The molecule has 3 nitrogen and oxygen atoms in total. The van der Waals surface area contributed by atoms with E-state index in [1.165, 1.54) is 11.3 Å². The van der Waals surface area contributed by atoms with Crippen molar-refractivity contribution in [1.29, 1.82) is 0 Å². The quantitative estimate of drug-likeness (QED) is 0.707. The third kappa shape index (κ3) is 3.00. The minimum Gasteiger partial charge on any atom is -0.384 e. The molecule has 0 radical (unpaired) electrons. The lowest BCUT2D eigenvalue weighted by molar-refractivity contribution is -0.147. The van der Waals surface area contributed by atoms with Crippen molar-refractivity contribution in [1.82, 2.24) is 4.98 Å². The van der Waals surface area contributed by atoms with Gasteiger partial charge in [0.2, 0.25) is 0 Å². The maximum Gasteiger partial charge on any atom is 0.130 e. The Morgan fingerprint density at radius 2 is 2.00 bits per heavy atom. The summed E-state index contributed by atoms with van der Waals surface area (Å²) in [7, 11) is 0. The highest BCUT2D eigenvalue weighted by atomic mass is 35.5. The average molecular weight is 346 g/mol. The van der Waals surface area contributed by atoms with Crippen LogP contribution in [-0.2, 0) is 16.9 Å². The van der Waals surface area contributed by atoms with Crippen molar-refractivity contribution in [3.63, 3.8) is 0 Å². The highest BCUT2D eigenvalue weighted by Crippen LogP contribution is 2.46. The number of benzene rings is 1. The number of ether oxygens (including phenoxy) is 1. The summed E-state index contributed by atoms with van der Waals surface area (Å²) in [5.74, 6) is 0. The standard InChI is InChI=1S/C18H16ClNO2S/c19-16-7-6-13-8-15(23-17(13)20-16)18(21)9-14(10-18)22-11-12-4-2-1-3-5-12/h1-8,14,21H,9-11H2. The van der Waals surface area contributed by atoms with Crippen molar-refractivity contribution in [2.75, 3.05) is 0 Å². The molecule has 5 heteroatoms. The van der Waals surface area contributed by atoms with Crippen LogP contribution in [-0.4, -0.2) is 16.2 Å². The molecular weight excluding hydrogens is 330 g/mol. The van der Waals surface area contributed by atoms with Crippen LogP contribution in [0.1, 0.15) is 23.3 Å². The summed E-state index contributed by atoms with van der Waals surface area (Å²) in [6.07, 6.45) is 1.35. The Bertz CT molecular complexity index is 827. The Labute approximate surface area is 143 Å². The third-order valence-electron chi connectivity index (χ3n) is 4.27. The Kier molecular flexibility index (Phi) is 3.85. The molecule has 1 saturated carbocycles. The van der Waals surface area contributed by atoms with Gasteiger partial charge in [-0.1, -0.05) is 41.9 Å². The molecule has 3 aromatic rings. The van der Waals surface area contributed by atoms with Gasteiger partial charge in [-0.2, -0.15) is 0 Å². The number of aliphatic hydroxyl groups is 1. The van der Waals surface area contributed by atoms with E-state index < -0.39 is 5.60 Å². The van der Waals surface area contributed by atoms with Crippen LogP contribution < -0.4 is 0 Å². The number of aromatic nitrogens is 1. The van der Waals surface area contributed by atoms with Crippen molar-refractivity contribution in [3.05, 3.63) is 64.1 Å². The molecule has 0 amide bonds. The molecule has 1 aliphatic rings. The molecule has 23 heavy (non-hydrogen) atoms. The lowest BCUT2D eigenvalue weighted by Crippen LogP contribution is -2.45. The van der Waals surface area contributed by atoms with Gasteiger partial charge >= 0.3 is 0 Å². The molecule has 0 spiro atoms. The molecule has 0 bridgehead atoms. The van der Waals surface area contributed by atoms with Gasteiger partial charge in [-0.3, -0.25) is 0 Å². The fourth-order valence-corrected chi connectivity index (χ4v) is 4.26. The van der Waals surface area contributed by atoms with Crippen molar-refractivity contribution in [2.45, 2.75) is 31.2 Å². The highest BCUT2D eigenvalue weighted by molar-refractivity contribution is 7.18. The second-order valence-corrected chi connectivity index (χ2v) is 7.42. The fraction of sp³-hybridized carbons (Fsp3) is 0.278. The third-order valence-corrected chi connectivity index (χ3v) is 5.72. The molecular formula is C18H16ClNO2S. The van der Waals surface area contributed by atoms with Gasteiger partial charge in [0.05, 0.1) is 12.7 Å². The first-order valence-corrected chi connectivity index (χ1v) is 8.76. The maximum atomic E-state index is 10.8. The second kappa shape index (κ2) is 5.87. The Hall–Kier alpha value is -1.46. The largest absolute Gasteiger partial charge is 0.384 e. The molecule has 118 valence electrons. The fourth-order valence-electron chi connectivity index (χ4n) is 2.93. The van der Waals surface area contributed by atoms with Gasteiger partial charge in [0.1, 0.15) is 15.6 Å². The van der Waals surface area contributed by atoms with Crippen molar-refractivity contribution in [2.24, 2.45) is 0 Å². The summed E-state index contributed by atoms with van der Waals surface area (Å²) < 4.78 is 5.88. The summed E-state index contributed by atoms with van der Waals surface area (Å²) >= 11 is 7.44. The van der Waals surface area contributed by atoms with E-state index in [1.54, 1.807) is 6.07 Å². The predicted molar refractivity (Wildman–Crippen MR) is 92.8 cm³/mol. The van der Waals surface area contributed by atoms with Gasteiger partial charge < -0.3 is 9.84 Å². The predicted octanol–water partition coefficient (Wildman–Crippen LogP) is 4.52. The normalized spacial score (nSPS) is 23.8. The molecule has 1 fully saturated rings. The van der Waals surface area contributed by atoms with E-state index in [0.717, 1.165) is 20.7 Å². The lowest BCUT2D eigenvalue weighted by Gasteiger charge is -2.42. The number of nitrogens with zero attached hydrogens (tertiary/aromatic N) is 1. The summed E-state index contributed by atoms with van der Waals surface area (Å²) in [4.78, 5) is 6.12. The monoisotopic (exact) mass is 345 g/mol. The van der Waals surface area contributed by atoms with Crippen LogP contribution in [0.4, 0.5) is 0 Å². The number of rotatable bonds is 4. The smallest absolute Gasteiger partial charge is 0.130 e.